The zero-order valence-corrected chi connectivity index (χ0v) is 18.3. The number of benzene rings is 2. The topological polar surface area (TPSA) is 79.3 Å². The van der Waals surface area contributed by atoms with Gasteiger partial charge in [0.2, 0.25) is 11.8 Å². The van der Waals surface area contributed by atoms with Gasteiger partial charge in [-0.05, 0) is 56.1 Å². The van der Waals surface area contributed by atoms with Crippen LogP contribution in [0.15, 0.2) is 73.1 Å². The average Bonchev–Trinajstić information content (AvgIpc) is 3.34. The molecular weight excluding hydrogens is 402 g/mol. The molecule has 1 aliphatic rings. The first-order valence-corrected chi connectivity index (χ1v) is 11.1. The number of likely N-dealkylation sites (tertiary alicyclic amines) is 1. The molecule has 7 nitrogen and oxygen atoms in total. The van der Waals surface area contributed by atoms with Crippen LogP contribution < -0.4 is 10.6 Å². The van der Waals surface area contributed by atoms with Gasteiger partial charge in [0.25, 0.3) is 0 Å². The molecule has 0 saturated carbocycles. The average molecular weight is 432 g/mol. The normalized spacial score (nSPS) is 17.5. The molecule has 0 bridgehead atoms. The highest BCUT2D eigenvalue weighted by Gasteiger charge is 2.26. The van der Waals surface area contributed by atoms with Crippen LogP contribution in [0.1, 0.15) is 31.4 Å². The van der Waals surface area contributed by atoms with E-state index < -0.39 is 6.04 Å². The van der Waals surface area contributed by atoms with Crippen LogP contribution >= 0.6 is 0 Å². The van der Waals surface area contributed by atoms with Gasteiger partial charge >= 0.3 is 0 Å². The standard InChI is InChI=1S/C25H29N5O2/c1-19(30-15-7-13-26-30)24(31)27-22-11-5-12-23(16-22)28-25(32)21-10-6-14-29(18-21)17-20-8-3-2-4-9-20/h2-5,7-9,11-13,15-16,19,21H,6,10,14,17-18H2,1H3,(H,27,31)(H,28,32). The highest BCUT2D eigenvalue weighted by Crippen LogP contribution is 2.22. The molecule has 166 valence electrons. The van der Waals surface area contributed by atoms with Crippen molar-refractivity contribution in [3.63, 3.8) is 0 Å². The van der Waals surface area contributed by atoms with Crippen molar-refractivity contribution < 1.29 is 9.59 Å². The van der Waals surface area contributed by atoms with Gasteiger partial charge in [0.05, 0.1) is 5.92 Å². The summed E-state index contributed by atoms with van der Waals surface area (Å²) in [4.78, 5) is 27.8. The van der Waals surface area contributed by atoms with Crippen LogP contribution in [0.3, 0.4) is 0 Å². The van der Waals surface area contributed by atoms with E-state index in [4.69, 9.17) is 0 Å². The van der Waals surface area contributed by atoms with Crippen LogP contribution in [0.5, 0.6) is 0 Å². The molecule has 32 heavy (non-hydrogen) atoms. The van der Waals surface area contributed by atoms with E-state index in [2.05, 4.69) is 32.8 Å². The summed E-state index contributed by atoms with van der Waals surface area (Å²) in [5.74, 6) is -0.192. The Bertz CT molecular complexity index is 1040. The largest absolute Gasteiger partial charge is 0.326 e. The molecule has 7 heteroatoms. The summed E-state index contributed by atoms with van der Waals surface area (Å²) in [7, 11) is 0. The Morgan fingerprint density at radius 3 is 2.59 bits per heavy atom. The van der Waals surface area contributed by atoms with E-state index in [0.717, 1.165) is 32.5 Å². The third kappa shape index (κ3) is 5.62. The minimum atomic E-state index is -0.430. The van der Waals surface area contributed by atoms with Crippen molar-refractivity contribution in [2.75, 3.05) is 23.7 Å². The number of amides is 2. The van der Waals surface area contributed by atoms with Gasteiger partial charge in [-0.2, -0.15) is 5.10 Å². The van der Waals surface area contributed by atoms with Crippen LogP contribution in [-0.2, 0) is 16.1 Å². The lowest BCUT2D eigenvalue weighted by atomic mass is 9.96. The SMILES string of the molecule is CC(C(=O)Nc1cccc(NC(=O)C2CCCN(Cc3ccccc3)C2)c1)n1cccn1. The number of aromatic nitrogens is 2. The molecule has 3 aromatic rings. The fourth-order valence-electron chi connectivity index (χ4n) is 4.05. The van der Waals surface area contributed by atoms with E-state index in [1.165, 1.54) is 5.56 Å². The van der Waals surface area contributed by atoms with Gasteiger partial charge in [-0.15, -0.1) is 0 Å². The van der Waals surface area contributed by atoms with Crippen LogP contribution in [-0.4, -0.2) is 39.6 Å². The number of hydrogen-bond donors (Lipinski definition) is 2. The third-order valence-electron chi connectivity index (χ3n) is 5.82. The number of hydrogen-bond acceptors (Lipinski definition) is 4. The number of anilines is 2. The first kappa shape index (κ1) is 21.8. The van der Waals surface area contributed by atoms with E-state index in [1.54, 1.807) is 36.1 Å². The second kappa shape index (κ2) is 10.2. The predicted octanol–water partition coefficient (Wildman–Crippen LogP) is 3.93. The lowest BCUT2D eigenvalue weighted by molar-refractivity contribution is -0.121. The molecule has 2 atom stereocenters. The molecule has 4 rings (SSSR count). The Kier molecular flexibility index (Phi) is 6.97. The molecule has 2 amide bonds. The summed E-state index contributed by atoms with van der Waals surface area (Å²) >= 11 is 0. The fraction of sp³-hybridized carbons (Fsp3) is 0.320. The van der Waals surface area contributed by atoms with E-state index in [9.17, 15) is 9.59 Å². The zero-order valence-electron chi connectivity index (χ0n) is 18.3. The molecule has 2 N–H and O–H groups in total. The van der Waals surface area contributed by atoms with E-state index in [1.807, 2.05) is 36.4 Å². The van der Waals surface area contributed by atoms with E-state index in [0.29, 0.717) is 11.4 Å². The van der Waals surface area contributed by atoms with Crippen molar-refractivity contribution in [2.45, 2.75) is 32.4 Å². The highest BCUT2D eigenvalue weighted by molar-refractivity contribution is 5.96. The Morgan fingerprint density at radius 1 is 1.06 bits per heavy atom. The van der Waals surface area contributed by atoms with Crippen molar-refractivity contribution in [3.8, 4) is 0 Å². The van der Waals surface area contributed by atoms with Gasteiger partial charge in [0.15, 0.2) is 0 Å². The van der Waals surface area contributed by atoms with Crippen LogP contribution in [0, 0.1) is 5.92 Å². The maximum Gasteiger partial charge on any atom is 0.248 e. The fourth-order valence-corrected chi connectivity index (χ4v) is 4.05. The summed E-state index contributed by atoms with van der Waals surface area (Å²) in [5.41, 5.74) is 2.59. The van der Waals surface area contributed by atoms with Crippen molar-refractivity contribution in [1.82, 2.24) is 14.7 Å². The minimum absolute atomic E-state index is 0.0242. The monoisotopic (exact) mass is 431 g/mol. The molecule has 1 aromatic heterocycles. The summed E-state index contributed by atoms with van der Waals surface area (Å²) in [6, 6.07) is 19.0. The Morgan fingerprint density at radius 2 is 1.84 bits per heavy atom. The smallest absolute Gasteiger partial charge is 0.248 e. The molecular formula is C25H29N5O2. The minimum Gasteiger partial charge on any atom is -0.326 e. The number of piperidine rings is 1. The van der Waals surface area contributed by atoms with E-state index >= 15 is 0 Å². The molecule has 2 unspecified atom stereocenters. The first-order valence-electron chi connectivity index (χ1n) is 11.1. The first-order chi connectivity index (χ1) is 15.6. The van der Waals surface area contributed by atoms with Crippen molar-refractivity contribution >= 4 is 23.2 Å². The molecule has 1 fully saturated rings. The molecule has 0 spiro atoms. The van der Waals surface area contributed by atoms with Crippen molar-refractivity contribution in [3.05, 3.63) is 78.6 Å². The maximum absolute atomic E-state index is 12.9. The Hall–Kier alpha value is -3.45. The maximum atomic E-state index is 12.9. The second-order valence-electron chi connectivity index (χ2n) is 8.28. The van der Waals surface area contributed by atoms with E-state index in [-0.39, 0.29) is 17.7 Å². The third-order valence-corrected chi connectivity index (χ3v) is 5.82. The molecule has 0 aliphatic carbocycles. The zero-order chi connectivity index (χ0) is 22.3. The number of nitrogens with one attached hydrogen (secondary N) is 2. The van der Waals surface area contributed by atoms with Gasteiger partial charge in [0.1, 0.15) is 6.04 Å². The lowest BCUT2D eigenvalue weighted by Gasteiger charge is -2.32. The molecule has 2 aromatic carbocycles. The number of rotatable bonds is 7. The molecule has 1 saturated heterocycles. The number of carbonyl (C=O) groups excluding carboxylic acids is 2. The lowest BCUT2D eigenvalue weighted by Crippen LogP contribution is -2.40. The summed E-state index contributed by atoms with van der Waals surface area (Å²) < 4.78 is 1.60. The summed E-state index contributed by atoms with van der Waals surface area (Å²) in [5, 5.41) is 10.0. The highest BCUT2D eigenvalue weighted by atomic mass is 16.2. The van der Waals surface area contributed by atoms with Crippen LogP contribution in [0.25, 0.3) is 0 Å². The number of carbonyl (C=O) groups is 2. The molecule has 2 heterocycles. The van der Waals surface area contributed by atoms with Gasteiger partial charge in [-0.1, -0.05) is 36.4 Å². The summed E-state index contributed by atoms with van der Waals surface area (Å²) in [6.07, 6.45) is 5.29. The van der Waals surface area contributed by atoms with Gasteiger partial charge < -0.3 is 10.6 Å². The van der Waals surface area contributed by atoms with Crippen LogP contribution in [0.2, 0.25) is 0 Å². The van der Waals surface area contributed by atoms with Crippen molar-refractivity contribution in [2.24, 2.45) is 5.92 Å². The quantitative estimate of drug-likeness (QED) is 0.594. The van der Waals surface area contributed by atoms with Gasteiger partial charge in [-0.3, -0.25) is 19.2 Å². The number of nitrogens with zero attached hydrogens (tertiary/aromatic N) is 3. The van der Waals surface area contributed by atoms with Crippen molar-refractivity contribution in [1.29, 1.82) is 0 Å². The Balaban J connectivity index is 1.33. The molecule has 1 aliphatic heterocycles. The summed E-state index contributed by atoms with van der Waals surface area (Å²) in [6.45, 7) is 4.41. The van der Waals surface area contributed by atoms with Gasteiger partial charge in [0, 0.05) is 36.9 Å². The second-order valence-corrected chi connectivity index (χ2v) is 8.28. The van der Waals surface area contributed by atoms with Crippen LogP contribution in [0.4, 0.5) is 11.4 Å². The predicted molar refractivity (Wildman–Crippen MR) is 125 cm³/mol. The Labute approximate surface area is 188 Å². The van der Waals surface area contributed by atoms with Gasteiger partial charge in [-0.25, -0.2) is 0 Å². The molecule has 0 radical (unpaired) electrons.